The van der Waals surface area contributed by atoms with Gasteiger partial charge < -0.3 is 19.1 Å². The molecule has 0 aromatic heterocycles. The van der Waals surface area contributed by atoms with Crippen LogP contribution in [-0.2, 0) is 14.9 Å². The zero-order chi connectivity index (χ0) is 20.0. The Hall–Kier alpha value is -1.79. The Morgan fingerprint density at radius 3 is 2.66 bits per heavy atom. The summed E-state index contributed by atoms with van der Waals surface area (Å²) in [5, 5.41) is 0. The Labute approximate surface area is 172 Å². The molecular weight excluding hydrogens is 368 g/mol. The topological polar surface area (TPSA) is 51.2 Å². The highest BCUT2D eigenvalue weighted by Gasteiger charge is 2.79. The highest BCUT2D eigenvalue weighted by molar-refractivity contribution is 5.97. The minimum Gasteiger partial charge on any atom is -0.493 e. The van der Waals surface area contributed by atoms with Gasteiger partial charge in [-0.25, -0.2) is 0 Å². The highest BCUT2D eigenvalue weighted by atomic mass is 16.5. The van der Waals surface area contributed by atoms with Crippen molar-refractivity contribution < 1.29 is 19.0 Å². The number of benzene rings is 1. The van der Waals surface area contributed by atoms with E-state index in [1.54, 1.807) is 21.1 Å². The standard InChI is InChI=1S/C23H30N2O4/c1-15(26)25-17-14-19(28-3)18(27-2)13-16(17)22-8-11-24-10-4-6-21(7-5-20(22)25)9-12-29-23(21,22)24/h13-14,20H,4-12H2,1-3H3/t20-,21+,22-,23-/m0/s1. The molecular formula is C23H30N2O4. The molecule has 4 fully saturated rings. The van der Waals surface area contributed by atoms with Crippen LogP contribution in [0.1, 0.15) is 51.0 Å². The Morgan fingerprint density at radius 1 is 1.10 bits per heavy atom. The van der Waals surface area contributed by atoms with E-state index in [9.17, 15) is 4.79 Å². The molecule has 6 nitrogen and oxygen atoms in total. The van der Waals surface area contributed by atoms with Gasteiger partial charge in [0.25, 0.3) is 0 Å². The number of amides is 1. The number of anilines is 1. The van der Waals surface area contributed by atoms with Crippen LogP contribution in [-0.4, -0.2) is 56.5 Å². The largest absolute Gasteiger partial charge is 0.493 e. The van der Waals surface area contributed by atoms with Crippen LogP contribution in [0.25, 0.3) is 0 Å². The van der Waals surface area contributed by atoms with Gasteiger partial charge in [-0.05, 0) is 50.2 Å². The van der Waals surface area contributed by atoms with Gasteiger partial charge in [0.1, 0.15) is 5.72 Å². The lowest BCUT2D eigenvalue weighted by molar-refractivity contribution is -0.232. The zero-order valence-electron chi connectivity index (χ0n) is 17.6. The SMILES string of the molecule is COc1cc2c(cc1OC)[C@]13CCN4CCC[C@]5(CCO[C@@]451)CC[C@@H]3N2C(C)=O. The summed E-state index contributed by atoms with van der Waals surface area (Å²) in [6.45, 7) is 4.66. The van der Waals surface area contributed by atoms with Crippen LogP contribution in [0.4, 0.5) is 5.69 Å². The maximum absolute atomic E-state index is 12.9. The van der Waals surface area contributed by atoms with Crippen molar-refractivity contribution in [2.75, 3.05) is 38.8 Å². The fourth-order valence-electron chi connectivity index (χ4n) is 8.14. The number of carbonyl (C=O) groups is 1. The van der Waals surface area contributed by atoms with E-state index in [2.05, 4.69) is 15.9 Å². The molecule has 156 valence electrons. The number of rotatable bonds is 2. The number of ether oxygens (including phenoxy) is 3. The van der Waals surface area contributed by atoms with E-state index in [0.717, 1.165) is 56.8 Å². The molecule has 6 rings (SSSR count). The van der Waals surface area contributed by atoms with Gasteiger partial charge in [-0.15, -0.1) is 0 Å². The fourth-order valence-corrected chi connectivity index (χ4v) is 8.14. The number of piperidine rings is 1. The second-order valence-corrected chi connectivity index (χ2v) is 9.50. The van der Waals surface area contributed by atoms with Gasteiger partial charge in [0.15, 0.2) is 11.5 Å². The van der Waals surface area contributed by atoms with Crippen molar-refractivity contribution in [2.45, 2.75) is 62.6 Å². The van der Waals surface area contributed by atoms with Crippen LogP contribution in [0.3, 0.4) is 0 Å². The predicted octanol–water partition coefficient (Wildman–Crippen LogP) is 3.07. The molecule has 4 heterocycles. The third kappa shape index (κ3) is 1.77. The maximum atomic E-state index is 12.9. The van der Waals surface area contributed by atoms with Crippen LogP contribution in [0.2, 0.25) is 0 Å². The first-order chi connectivity index (χ1) is 14.0. The first-order valence-electron chi connectivity index (χ1n) is 11.0. The minimum absolute atomic E-state index is 0.108. The summed E-state index contributed by atoms with van der Waals surface area (Å²) in [6, 6.07) is 4.30. The van der Waals surface area contributed by atoms with Crippen molar-refractivity contribution in [3.8, 4) is 11.5 Å². The van der Waals surface area contributed by atoms with Crippen molar-refractivity contribution in [1.82, 2.24) is 4.90 Å². The molecule has 0 radical (unpaired) electrons. The fraction of sp³-hybridized carbons (Fsp3) is 0.696. The lowest BCUT2D eigenvalue weighted by atomic mass is 9.50. The normalized spacial score (nSPS) is 39.6. The molecule has 1 saturated carbocycles. The summed E-state index contributed by atoms with van der Waals surface area (Å²) in [5.74, 6) is 1.53. The summed E-state index contributed by atoms with van der Waals surface area (Å²) in [7, 11) is 3.35. The summed E-state index contributed by atoms with van der Waals surface area (Å²) < 4.78 is 18.2. The molecule has 4 aliphatic heterocycles. The number of hydrogen-bond donors (Lipinski definition) is 0. The van der Waals surface area contributed by atoms with Gasteiger partial charge in [0.2, 0.25) is 5.91 Å². The molecule has 3 saturated heterocycles. The average Bonchev–Trinajstić information content (AvgIpc) is 3.36. The van der Waals surface area contributed by atoms with Gasteiger partial charge in [-0.2, -0.15) is 0 Å². The molecule has 1 amide bonds. The lowest BCUT2D eigenvalue weighted by Crippen LogP contribution is -2.73. The number of hydrogen-bond acceptors (Lipinski definition) is 5. The molecule has 1 aromatic rings. The second kappa shape index (κ2) is 5.67. The number of carbonyl (C=O) groups excluding carboxylic acids is 1. The number of fused-ring (bicyclic) bond motifs is 1. The number of nitrogens with zero attached hydrogens (tertiary/aromatic N) is 2. The van der Waals surface area contributed by atoms with E-state index in [1.165, 1.54) is 18.4 Å². The minimum atomic E-state index is -0.292. The van der Waals surface area contributed by atoms with E-state index < -0.39 is 0 Å². The lowest BCUT2D eigenvalue weighted by Gasteiger charge is -2.62. The average molecular weight is 399 g/mol. The Kier molecular flexibility index (Phi) is 3.52. The Balaban J connectivity index is 1.66. The Bertz CT molecular complexity index is 903. The van der Waals surface area contributed by atoms with E-state index in [4.69, 9.17) is 14.2 Å². The molecule has 1 aliphatic carbocycles. The molecule has 1 aromatic carbocycles. The van der Waals surface area contributed by atoms with E-state index >= 15 is 0 Å². The molecule has 0 unspecified atom stereocenters. The van der Waals surface area contributed by atoms with Crippen LogP contribution >= 0.6 is 0 Å². The molecule has 5 aliphatic rings. The first kappa shape index (κ1) is 18.0. The monoisotopic (exact) mass is 398 g/mol. The predicted molar refractivity (Wildman–Crippen MR) is 109 cm³/mol. The molecule has 0 bridgehead atoms. The van der Waals surface area contributed by atoms with Gasteiger partial charge in [0.05, 0.1) is 31.4 Å². The first-order valence-corrected chi connectivity index (χ1v) is 11.0. The molecule has 4 atom stereocenters. The maximum Gasteiger partial charge on any atom is 0.224 e. The van der Waals surface area contributed by atoms with Gasteiger partial charge in [0, 0.05) is 38.1 Å². The number of methoxy groups -OCH3 is 2. The van der Waals surface area contributed by atoms with Crippen LogP contribution in [0, 0.1) is 5.41 Å². The van der Waals surface area contributed by atoms with E-state index in [1.807, 2.05) is 6.07 Å². The quantitative estimate of drug-likeness (QED) is 0.766. The van der Waals surface area contributed by atoms with Crippen molar-refractivity contribution in [3.63, 3.8) is 0 Å². The zero-order valence-corrected chi connectivity index (χ0v) is 17.6. The van der Waals surface area contributed by atoms with Crippen LogP contribution in [0.15, 0.2) is 12.1 Å². The smallest absolute Gasteiger partial charge is 0.224 e. The van der Waals surface area contributed by atoms with Crippen LogP contribution in [0.5, 0.6) is 11.5 Å². The molecule has 6 heteroatoms. The summed E-state index contributed by atoms with van der Waals surface area (Å²) in [6.07, 6.45) is 6.84. The highest BCUT2D eigenvalue weighted by Crippen LogP contribution is 2.73. The van der Waals surface area contributed by atoms with Crippen molar-refractivity contribution >= 4 is 11.6 Å². The summed E-state index contributed by atoms with van der Waals surface area (Å²) >= 11 is 0. The van der Waals surface area contributed by atoms with Gasteiger partial charge >= 0.3 is 0 Å². The molecule has 2 spiro atoms. The summed E-state index contributed by atoms with van der Waals surface area (Å²) in [4.78, 5) is 17.6. The van der Waals surface area contributed by atoms with Crippen LogP contribution < -0.4 is 14.4 Å². The second-order valence-electron chi connectivity index (χ2n) is 9.50. The summed E-state index contributed by atoms with van der Waals surface area (Å²) in [5.41, 5.74) is 1.94. The molecule has 29 heavy (non-hydrogen) atoms. The third-order valence-electron chi connectivity index (χ3n) is 8.88. The van der Waals surface area contributed by atoms with Gasteiger partial charge in [-0.1, -0.05) is 0 Å². The van der Waals surface area contributed by atoms with E-state index in [-0.39, 0.29) is 28.5 Å². The van der Waals surface area contributed by atoms with Gasteiger partial charge in [-0.3, -0.25) is 9.69 Å². The molecule has 0 N–H and O–H groups in total. The van der Waals surface area contributed by atoms with Crippen molar-refractivity contribution in [3.05, 3.63) is 17.7 Å². The Morgan fingerprint density at radius 2 is 1.90 bits per heavy atom. The third-order valence-corrected chi connectivity index (χ3v) is 8.88. The van der Waals surface area contributed by atoms with Crippen molar-refractivity contribution in [2.24, 2.45) is 5.41 Å². The van der Waals surface area contributed by atoms with Crippen molar-refractivity contribution in [1.29, 1.82) is 0 Å². The van der Waals surface area contributed by atoms with E-state index in [0.29, 0.717) is 5.75 Å².